The number of hydrogen-bond donors (Lipinski definition) is 1. The van der Waals surface area contributed by atoms with Crippen LogP contribution in [-0.2, 0) is 4.74 Å². The molecule has 1 N–H and O–H groups in total. The minimum Gasteiger partial charge on any atom is -0.450 e. The van der Waals surface area contributed by atoms with Gasteiger partial charge in [0, 0.05) is 24.8 Å². The smallest absolute Gasteiger partial charge is 0.409 e. The van der Waals surface area contributed by atoms with Crippen molar-refractivity contribution in [1.82, 2.24) is 4.90 Å². The summed E-state index contributed by atoms with van der Waals surface area (Å²) < 4.78 is 18.0. The van der Waals surface area contributed by atoms with Gasteiger partial charge in [-0.1, -0.05) is 0 Å². The molecule has 0 aliphatic carbocycles. The number of nitrogens with one attached hydrogen (secondary N) is 1. The zero-order chi connectivity index (χ0) is 14.5. The number of aryl methyl sites for hydroxylation is 1. The predicted octanol–water partition coefficient (Wildman–Crippen LogP) is 3.17. The SMILES string of the molecule is CCOC(=O)N1CCC(Nc2ccc(F)cc2C)CC1. The molecule has 1 heterocycles. The molecule has 1 aromatic carbocycles. The van der Waals surface area contributed by atoms with Crippen molar-refractivity contribution in [3.8, 4) is 0 Å². The van der Waals surface area contributed by atoms with Gasteiger partial charge in [0.2, 0.25) is 0 Å². The first-order valence-corrected chi connectivity index (χ1v) is 7.04. The molecule has 1 amide bonds. The normalized spacial score (nSPS) is 16.1. The largest absolute Gasteiger partial charge is 0.450 e. The number of amides is 1. The van der Waals surface area contributed by atoms with Crippen LogP contribution >= 0.6 is 0 Å². The van der Waals surface area contributed by atoms with E-state index in [1.54, 1.807) is 11.0 Å². The van der Waals surface area contributed by atoms with Crippen LogP contribution in [0.1, 0.15) is 25.3 Å². The van der Waals surface area contributed by atoms with Crippen molar-refractivity contribution < 1.29 is 13.9 Å². The molecule has 0 unspecified atom stereocenters. The second kappa shape index (κ2) is 6.59. The first-order chi connectivity index (χ1) is 9.60. The molecule has 1 saturated heterocycles. The monoisotopic (exact) mass is 280 g/mol. The summed E-state index contributed by atoms with van der Waals surface area (Å²) in [7, 11) is 0. The van der Waals surface area contributed by atoms with Gasteiger partial charge in [0.1, 0.15) is 5.82 Å². The van der Waals surface area contributed by atoms with Gasteiger partial charge in [-0.3, -0.25) is 0 Å². The number of nitrogens with zero attached hydrogens (tertiary/aromatic N) is 1. The Bertz CT molecular complexity index is 471. The van der Waals surface area contributed by atoms with Crippen LogP contribution in [0.25, 0.3) is 0 Å². The zero-order valence-corrected chi connectivity index (χ0v) is 12.0. The van der Waals surface area contributed by atoms with Crippen LogP contribution in [0.4, 0.5) is 14.9 Å². The van der Waals surface area contributed by atoms with Crippen LogP contribution in [0.3, 0.4) is 0 Å². The second-order valence-corrected chi connectivity index (χ2v) is 5.06. The fourth-order valence-electron chi connectivity index (χ4n) is 2.43. The average molecular weight is 280 g/mol. The van der Waals surface area contributed by atoms with Crippen molar-refractivity contribution in [1.29, 1.82) is 0 Å². The quantitative estimate of drug-likeness (QED) is 0.924. The van der Waals surface area contributed by atoms with E-state index in [4.69, 9.17) is 4.74 Å². The molecule has 0 spiro atoms. The maximum atomic E-state index is 13.1. The van der Waals surface area contributed by atoms with Crippen LogP contribution in [0.15, 0.2) is 18.2 Å². The Hall–Kier alpha value is -1.78. The zero-order valence-electron chi connectivity index (χ0n) is 12.0. The third-order valence-corrected chi connectivity index (χ3v) is 3.57. The standard InChI is InChI=1S/C15H21FN2O2/c1-3-20-15(19)18-8-6-13(7-9-18)17-14-5-4-12(16)10-11(14)2/h4-5,10,13,17H,3,6-9H2,1-2H3. The van der Waals surface area contributed by atoms with E-state index >= 15 is 0 Å². The van der Waals surface area contributed by atoms with Gasteiger partial charge in [-0.15, -0.1) is 0 Å². The average Bonchev–Trinajstić information content (AvgIpc) is 2.43. The second-order valence-electron chi connectivity index (χ2n) is 5.06. The molecule has 4 nitrogen and oxygen atoms in total. The van der Waals surface area contributed by atoms with Gasteiger partial charge < -0.3 is 15.0 Å². The summed E-state index contributed by atoms with van der Waals surface area (Å²) in [5.74, 6) is -0.217. The van der Waals surface area contributed by atoms with Crippen molar-refractivity contribution in [2.75, 3.05) is 25.0 Å². The fourth-order valence-corrected chi connectivity index (χ4v) is 2.43. The van der Waals surface area contributed by atoms with Crippen molar-refractivity contribution in [2.45, 2.75) is 32.7 Å². The Labute approximate surface area is 118 Å². The molecule has 0 aromatic heterocycles. The predicted molar refractivity (Wildman–Crippen MR) is 76.4 cm³/mol. The summed E-state index contributed by atoms with van der Waals surface area (Å²) >= 11 is 0. The summed E-state index contributed by atoms with van der Waals surface area (Å²) in [5.41, 5.74) is 1.86. The number of piperidine rings is 1. The van der Waals surface area contributed by atoms with Crippen molar-refractivity contribution in [3.05, 3.63) is 29.6 Å². The van der Waals surface area contributed by atoms with E-state index < -0.39 is 0 Å². The molecule has 2 rings (SSSR count). The van der Waals surface area contributed by atoms with E-state index in [2.05, 4.69) is 5.32 Å². The molecule has 0 atom stereocenters. The van der Waals surface area contributed by atoms with Crippen LogP contribution in [0.5, 0.6) is 0 Å². The van der Waals surface area contributed by atoms with E-state index in [1.807, 2.05) is 13.8 Å². The molecule has 5 heteroatoms. The van der Waals surface area contributed by atoms with Gasteiger partial charge in [0.25, 0.3) is 0 Å². The minimum atomic E-state index is -0.232. The molecule has 1 aliphatic rings. The Balaban J connectivity index is 1.86. The molecule has 110 valence electrons. The lowest BCUT2D eigenvalue weighted by molar-refractivity contribution is 0.0983. The topological polar surface area (TPSA) is 41.6 Å². The van der Waals surface area contributed by atoms with Crippen LogP contribution in [0, 0.1) is 12.7 Å². The maximum Gasteiger partial charge on any atom is 0.409 e. The minimum absolute atomic E-state index is 0.217. The van der Waals surface area contributed by atoms with Crippen LogP contribution < -0.4 is 5.32 Å². The lowest BCUT2D eigenvalue weighted by atomic mass is 10.0. The Morgan fingerprint density at radius 1 is 1.45 bits per heavy atom. The molecule has 20 heavy (non-hydrogen) atoms. The molecule has 1 aliphatic heterocycles. The van der Waals surface area contributed by atoms with E-state index in [-0.39, 0.29) is 11.9 Å². The summed E-state index contributed by atoms with van der Waals surface area (Å²) in [6.45, 7) is 5.49. The molecular weight excluding hydrogens is 259 g/mol. The third kappa shape index (κ3) is 3.62. The van der Waals surface area contributed by atoms with E-state index in [1.165, 1.54) is 12.1 Å². The summed E-state index contributed by atoms with van der Waals surface area (Å²) in [6.07, 6.45) is 1.51. The van der Waals surface area contributed by atoms with E-state index in [9.17, 15) is 9.18 Å². The van der Waals surface area contributed by atoms with Gasteiger partial charge in [0.15, 0.2) is 0 Å². The first kappa shape index (κ1) is 14.6. The van der Waals surface area contributed by atoms with Gasteiger partial charge in [-0.05, 0) is 50.5 Å². The highest BCUT2D eigenvalue weighted by Gasteiger charge is 2.23. The van der Waals surface area contributed by atoms with Crippen LogP contribution in [-0.4, -0.2) is 36.7 Å². The van der Waals surface area contributed by atoms with E-state index in [0.717, 1.165) is 24.1 Å². The summed E-state index contributed by atoms with van der Waals surface area (Å²) in [6, 6.07) is 5.06. The lowest BCUT2D eigenvalue weighted by Gasteiger charge is -2.32. The van der Waals surface area contributed by atoms with Crippen molar-refractivity contribution in [2.24, 2.45) is 0 Å². The van der Waals surface area contributed by atoms with Crippen molar-refractivity contribution in [3.63, 3.8) is 0 Å². The first-order valence-electron chi connectivity index (χ1n) is 7.04. The molecule has 1 fully saturated rings. The highest BCUT2D eigenvalue weighted by Crippen LogP contribution is 2.21. The van der Waals surface area contributed by atoms with Gasteiger partial charge in [-0.25, -0.2) is 9.18 Å². The van der Waals surface area contributed by atoms with E-state index in [0.29, 0.717) is 25.7 Å². The van der Waals surface area contributed by atoms with Gasteiger partial charge >= 0.3 is 6.09 Å². The Morgan fingerprint density at radius 2 is 2.15 bits per heavy atom. The number of carbonyl (C=O) groups is 1. The van der Waals surface area contributed by atoms with Crippen LogP contribution in [0.2, 0.25) is 0 Å². The molecule has 1 aromatic rings. The fraction of sp³-hybridized carbons (Fsp3) is 0.533. The number of likely N-dealkylation sites (tertiary alicyclic amines) is 1. The molecule has 0 saturated carbocycles. The van der Waals surface area contributed by atoms with Gasteiger partial charge in [-0.2, -0.15) is 0 Å². The summed E-state index contributed by atoms with van der Waals surface area (Å²) in [5, 5.41) is 3.42. The molecular formula is C15H21FN2O2. The highest BCUT2D eigenvalue weighted by atomic mass is 19.1. The third-order valence-electron chi connectivity index (χ3n) is 3.57. The molecule has 0 bridgehead atoms. The number of hydrogen-bond acceptors (Lipinski definition) is 3. The maximum absolute atomic E-state index is 13.1. The number of rotatable bonds is 3. The lowest BCUT2D eigenvalue weighted by Crippen LogP contribution is -2.42. The Kier molecular flexibility index (Phi) is 4.82. The highest BCUT2D eigenvalue weighted by molar-refractivity contribution is 5.67. The number of anilines is 1. The number of ether oxygens (including phenoxy) is 1. The molecule has 0 radical (unpaired) electrons. The van der Waals surface area contributed by atoms with Gasteiger partial charge in [0.05, 0.1) is 6.61 Å². The number of halogens is 1. The summed E-state index contributed by atoms with van der Waals surface area (Å²) in [4.78, 5) is 13.3. The number of benzene rings is 1. The van der Waals surface area contributed by atoms with Crippen molar-refractivity contribution >= 4 is 11.8 Å². The number of carbonyl (C=O) groups excluding carboxylic acids is 1. The Morgan fingerprint density at radius 3 is 2.75 bits per heavy atom.